The molecule has 0 aromatic heterocycles. The van der Waals surface area contributed by atoms with E-state index in [0.29, 0.717) is 0 Å². The summed E-state index contributed by atoms with van der Waals surface area (Å²) in [4.78, 5) is 0. The van der Waals surface area contributed by atoms with E-state index in [-0.39, 0.29) is 0 Å². The Labute approximate surface area is 88.2 Å². The summed E-state index contributed by atoms with van der Waals surface area (Å²) in [5, 5.41) is 0.998. The monoisotopic (exact) mass is 242 g/mol. The number of hydrogen-bond acceptors (Lipinski definition) is 1. The quantitative estimate of drug-likeness (QED) is 0.581. The van der Waals surface area contributed by atoms with Crippen LogP contribution in [-0.2, 0) is 0 Å². The van der Waals surface area contributed by atoms with Gasteiger partial charge in [-0.05, 0) is 37.5 Å². The number of halogens is 1. The van der Waals surface area contributed by atoms with Gasteiger partial charge in [0.25, 0.3) is 0 Å². The second-order valence-corrected chi connectivity index (χ2v) is 3.95. The van der Waals surface area contributed by atoms with E-state index in [0.717, 1.165) is 24.1 Å². The largest absolute Gasteiger partial charge is 0.493 e. The maximum Gasteiger partial charge on any atom is 0.122 e. The number of hydrogen-bond donors (Lipinski definition) is 0. The molecular weight excluding hydrogens is 228 g/mol. The topological polar surface area (TPSA) is 9.23 Å². The number of rotatable bonds is 4. The van der Waals surface area contributed by atoms with E-state index in [9.17, 15) is 0 Å². The van der Waals surface area contributed by atoms with Gasteiger partial charge in [-0.1, -0.05) is 28.1 Å². The van der Waals surface area contributed by atoms with Gasteiger partial charge in [0.05, 0.1) is 6.61 Å². The molecule has 0 aliphatic rings. The van der Waals surface area contributed by atoms with Crippen molar-refractivity contribution in [2.24, 2.45) is 0 Å². The maximum absolute atomic E-state index is 5.63. The Morgan fingerprint density at radius 2 is 2.08 bits per heavy atom. The second-order valence-electron chi connectivity index (χ2n) is 3.16. The van der Waals surface area contributed by atoms with Crippen LogP contribution in [0.25, 0.3) is 0 Å². The number of alkyl halides is 1. The van der Waals surface area contributed by atoms with Gasteiger partial charge in [-0.15, -0.1) is 0 Å². The van der Waals surface area contributed by atoms with Gasteiger partial charge in [0.15, 0.2) is 0 Å². The molecule has 1 rings (SSSR count). The van der Waals surface area contributed by atoms with E-state index in [1.54, 1.807) is 0 Å². The Morgan fingerprint density at radius 3 is 2.77 bits per heavy atom. The lowest BCUT2D eigenvalue weighted by Gasteiger charge is -2.08. The standard InChI is InChI=1S/C11H15BrO/c1-9-4-5-10(2)11(8-9)13-7-3-6-12/h4-5,8H,3,6-7H2,1-2H3. The van der Waals surface area contributed by atoms with Crippen LogP contribution in [0.1, 0.15) is 17.5 Å². The van der Waals surface area contributed by atoms with Crippen LogP contribution in [0.4, 0.5) is 0 Å². The molecule has 0 bridgehead atoms. The molecule has 0 unspecified atom stereocenters. The first-order chi connectivity index (χ1) is 6.24. The van der Waals surface area contributed by atoms with Crippen LogP contribution in [0.15, 0.2) is 18.2 Å². The Morgan fingerprint density at radius 1 is 1.31 bits per heavy atom. The fraction of sp³-hybridized carbons (Fsp3) is 0.455. The van der Waals surface area contributed by atoms with Crippen molar-refractivity contribution in [3.8, 4) is 5.75 Å². The zero-order valence-electron chi connectivity index (χ0n) is 8.14. The fourth-order valence-electron chi connectivity index (χ4n) is 1.10. The Bertz CT molecular complexity index is 271. The second kappa shape index (κ2) is 5.28. The van der Waals surface area contributed by atoms with Gasteiger partial charge in [0, 0.05) is 5.33 Å². The summed E-state index contributed by atoms with van der Waals surface area (Å²) >= 11 is 3.38. The summed E-state index contributed by atoms with van der Waals surface area (Å²) in [5.74, 6) is 1.01. The smallest absolute Gasteiger partial charge is 0.122 e. The van der Waals surface area contributed by atoms with E-state index >= 15 is 0 Å². The van der Waals surface area contributed by atoms with E-state index in [1.165, 1.54) is 11.1 Å². The van der Waals surface area contributed by atoms with Gasteiger partial charge < -0.3 is 4.74 Å². The van der Waals surface area contributed by atoms with Gasteiger partial charge in [0.1, 0.15) is 5.75 Å². The highest BCUT2D eigenvalue weighted by Gasteiger charge is 1.98. The molecule has 0 fully saturated rings. The molecular formula is C11H15BrO. The Hall–Kier alpha value is -0.500. The van der Waals surface area contributed by atoms with Crippen molar-refractivity contribution in [1.29, 1.82) is 0 Å². The zero-order valence-corrected chi connectivity index (χ0v) is 9.73. The van der Waals surface area contributed by atoms with Gasteiger partial charge in [-0.2, -0.15) is 0 Å². The van der Waals surface area contributed by atoms with E-state index in [4.69, 9.17) is 4.74 Å². The minimum Gasteiger partial charge on any atom is -0.493 e. The molecule has 1 nitrogen and oxygen atoms in total. The summed E-state index contributed by atoms with van der Waals surface area (Å²) in [6, 6.07) is 6.29. The van der Waals surface area contributed by atoms with Gasteiger partial charge in [0.2, 0.25) is 0 Å². The minimum absolute atomic E-state index is 0.787. The van der Waals surface area contributed by atoms with Crippen molar-refractivity contribution >= 4 is 15.9 Å². The van der Waals surface area contributed by atoms with E-state index in [2.05, 4.69) is 48.0 Å². The van der Waals surface area contributed by atoms with Crippen molar-refractivity contribution in [2.75, 3.05) is 11.9 Å². The summed E-state index contributed by atoms with van der Waals surface area (Å²) in [7, 11) is 0. The van der Waals surface area contributed by atoms with Gasteiger partial charge >= 0.3 is 0 Å². The molecule has 0 saturated carbocycles. The molecule has 0 aliphatic carbocycles. The van der Waals surface area contributed by atoms with Crippen LogP contribution >= 0.6 is 15.9 Å². The molecule has 0 saturated heterocycles. The predicted octanol–water partition coefficient (Wildman–Crippen LogP) is 3.47. The summed E-state index contributed by atoms with van der Waals surface area (Å²) in [6.07, 6.45) is 1.05. The third-order valence-electron chi connectivity index (χ3n) is 1.88. The molecule has 0 spiro atoms. The average Bonchev–Trinajstić information content (AvgIpc) is 2.11. The molecule has 0 heterocycles. The van der Waals surface area contributed by atoms with Crippen molar-refractivity contribution in [3.63, 3.8) is 0 Å². The van der Waals surface area contributed by atoms with Crippen molar-refractivity contribution in [2.45, 2.75) is 20.3 Å². The molecule has 0 radical (unpaired) electrons. The van der Waals surface area contributed by atoms with Crippen molar-refractivity contribution in [3.05, 3.63) is 29.3 Å². The summed E-state index contributed by atoms with van der Waals surface area (Å²) < 4.78 is 5.63. The van der Waals surface area contributed by atoms with Gasteiger partial charge in [-0.3, -0.25) is 0 Å². The van der Waals surface area contributed by atoms with Crippen LogP contribution in [0.2, 0.25) is 0 Å². The maximum atomic E-state index is 5.63. The molecule has 1 aromatic rings. The molecule has 0 amide bonds. The zero-order chi connectivity index (χ0) is 9.68. The first-order valence-electron chi connectivity index (χ1n) is 4.50. The van der Waals surface area contributed by atoms with Crippen molar-refractivity contribution < 1.29 is 4.74 Å². The predicted molar refractivity (Wildman–Crippen MR) is 59.8 cm³/mol. The number of aryl methyl sites for hydroxylation is 2. The highest BCUT2D eigenvalue weighted by atomic mass is 79.9. The van der Waals surface area contributed by atoms with Crippen LogP contribution in [-0.4, -0.2) is 11.9 Å². The number of benzene rings is 1. The van der Waals surface area contributed by atoms with Crippen LogP contribution in [0.3, 0.4) is 0 Å². The molecule has 0 N–H and O–H groups in total. The fourth-order valence-corrected chi connectivity index (χ4v) is 1.33. The Balaban J connectivity index is 2.59. The van der Waals surface area contributed by atoms with Crippen molar-refractivity contribution in [1.82, 2.24) is 0 Å². The summed E-state index contributed by atoms with van der Waals surface area (Å²) in [6.45, 7) is 4.94. The lowest BCUT2D eigenvalue weighted by molar-refractivity contribution is 0.317. The lowest BCUT2D eigenvalue weighted by Crippen LogP contribution is -1.99. The minimum atomic E-state index is 0.787. The summed E-state index contributed by atoms with van der Waals surface area (Å²) in [5.41, 5.74) is 2.46. The Kier molecular flexibility index (Phi) is 4.29. The molecule has 2 heteroatoms. The molecule has 1 aromatic carbocycles. The normalized spacial score (nSPS) is 10.1. The van der Waals surface area contributed by atoms with Gasteiger partial charge in [-0.25, -0.2) is 0 Å². The highest BCUT2D eigenvalue weighted by Crippen LogP contribution is 2.19. The molecule has 13 heavy (non-hydrogen) atoms. The molecule has 0 aliphatic heterocycles. The third-order valence-corrected chi connectivity index (χ3v) is 2.44. The van der Waals surface area contributed by atoms with Crippen LogP contribution in [0, 0.1) is 13.8 Å². The molecule has 72 valence electrons. The highest BCUT2D eigenvalue weighted by molar-refractivity contribution is 9.09. The SMILES string of the molecule is Cc1ccc(C)c(OCCCBr)c1. The van der Waals surface area contributed by atoms with E-state index < -0.39 is 0 Å². The molecule has 0 atom stereocenters. The lowest BCUT2D eigenvalue weighted by atomic mass is 10.1. The third kappa shape index (κ3) is 3.39. The first-order valence-corrected chi connectivity index (χ1v) is 5.62. The van der Waals surface area contributed by atoms with Crippen LogP contribution < -0.4 is 4.74 Å². The number of ether oxygens (including phenoxy) is 1. The van der Waals surface area contributed by atoms with Crippen LogP contribution in [0.5, 0.6) is 5.75 Å². The van der Waals surface area contributed by atoms with E-state index in [1.807, 2.05) is 0 Å². The first kappa shape index (κ1) is 10.6. The average molecular weight is 243 g/mol.